The molecule has 1 amide bonds. The number of rotatable bonds is 7. The Kier molecular flexibility index (Phi) is 6.48. The lowest BCUT2D eigenvalue weighted by molar-refractivity contribution is -0.138. The summed E-state index contributed by atoms with van der Waals surface area (Å²) in [6, 6.07) is 16.5. The normalized spacial score (nSPS) is 19.6. The first-order valence-corrected chi connectivity index (χ1v) is 11.7. The summed E-state index contributed by atoms with van der Waals surface area (Å²) in [5.41, 5.74) is 3.69. The summed E-state index contributed by atoms with van der Waals surface area (Å²) in [5, 5.41) is 0. The van der Waals surface area contributed by atoms with Crippen molar-refractivity contribution in [3.8, 4) is 11.1 Å². The third-order valence-electron chi connectivity index (χ3n) is 5.75. The molecule has 0 aromatic heterocycles. The van der Waals surface area contributed by atoms with Crippen LogP contribution in [-0.4, -0.2) is 56.5 Å². The van der Waals surface area contributed by atoms with Crippen LogP contribution in [0.15, 0.2) is 61.2 Å². The maximum Gasteiger partial charge on any atom is 0.229 e. The minimum Gasteiger partial charge on any atom is -0.348 e. The summed E-state index contributed by atoms with van der Waals surface area (Å²) >= 11 is 0. The molecule has 5 nitrogen and oxygen atoms in total. The smallest absolute Gasteiger partial charge is 0.229 e. The molecule has 3 rings (SSSR count). The van der Waals surface area contributed by atoms with Crippen LogP contribution in [0.5, 0.6) is 0 Å². The van der Waals surface area contributed by atoms with E-state index >= 15 is 0 Å². The molecule has 0 aliphatic carbocycles. The van der Waals surface area contributed by atoms with Gasteiger partial charge in [-0.1, -0.05) is 60.2 Å². The van der Waals surface area contributed by atoms with Gasteiger partial charge in [0.15, 0.2) is 0 Å². The van der Waals surface area contributed by atoms with E-state index in [0.29, 0.717) is 19.4 Å². The Morgan fingerprint density at radius 3 is 2.50 bits per heavy atom. The predicted octanol–water partition coefficient (Wildman–Crippen LogP) is 3.50. The fourth-order valence-electron chi connectivity index (χ4n) is 4.19. The molecule has 0 spiro atoms. The number of hydrogen-bond donors (Lipinski definition) is 0. The maximum atomic E-state index is 13.2. The first-order valence-electron chi connectivity index (χ1n) is 10.1. The van der Waals surface area contributed by atoms with Gasteiger partial charge in [0.25, 0.3) is 0 Å². The van der Waals surface area contributed by atoms with Crippen LogP contribution in [-0.2, 0) is 21.2 Å². The molecular weight excluding hydrogens is 396 g/mol. The van der Waals surface area contributed by atoms with Crippen molar-refractivity contribution in [2.24, 2.45) is 5.41 Å². The second kappa shape index (κ2) is 8.74. The van der Waals surface area contributed by atoms with Crippen LogP contribution in [0.3, 0.4) is 0 Å². The monoisotopic (exact) mass is 426 g/mol. The third kappa shape index (κ3) is 4.65. The Morgan fingerprint density at radius 1 is 1.17 bits per heavy atom. The van der Waals surface area contributed by atoms with Crippen molar-refractivity contribution >= 4 is 15.9 Å². The van der Waals surface area contributed by atoms with E-state index in [4.69, 9.17) is 0 Å². The molecule has 6 heteroatoms. The second-order valence-electron chi connectivity index (χ2n) is 8.37. The number of carbonyl (C=O) groups is 1. The highest BCUT2D eigenvalue weighted by molar-refractivity contribution is 7.89. The molecule has 30 heavy (non-hydrogen) atoms. The summed E-state index contributed by atoms with van der Waals surface area (Å²) in [7, 11) is 0.0164. The second-order valence-corrected chi connectivity index (χ2v) is 10.4. The highest BCUT2D eigenvalue weighted by atomic mass is 32.2. The van der Waals surface area contributed by atoms with Crippen molar-refractivity contribution in [2.45, 2.75) is 19.8 Å². The SMILES string of the molecule is C=CCS(=O)(=O)N1CCC(Cc2cccc(-c3ccc(C)cc3)c2)(C(=O)N(C)C)C1. The number of hydrogen-bond acceptors (Lipinski definition) is 3. The van der Waals surface area contributed by atoms with Crippen LogP contribution in [0, 0.1) is 12.3 Å². The van der Waals surface area contributed by atoms with E-state index in [1.807, 2.05) is 12.1 Å². The Labute approximate surface area is 180 Å². The molecule has 1 aliphatic rings. The summed E-state index contributed by atoms with van der Waals surface area (Å²) in [4.78, 5) is 14.8. The standard InChI is InChI=1S/C24H30N2O3S/c1-5-15-30(28,29)26-14-13-24(18-26,23(27)25(3)4)17-20-7-6-8-22(16-20)21-11-9-19(2)10-12-21/h5-12,16H,1,13-15,17-18H2,2-4H3. The molecule has 2 aromatic carbocycles. The zero-order chi connectivity index (χ0) is 21.9. The zero-order valence-corrected chi connectivity index (χ0v) is 18.8. The molecule has 0 radical (unpaired) electrons. The predicted molar refractivity (Wildman–Crippen MR) is 122 cm³/mol. The van der Waals surface area contributed by atoms with Crippen molar-refractivity contribution in [3.63, 3.8) is 0 Å². The number of aryl methyl sites for hydroxylation is 1. The number of carbonyl (C=O) groups excluding carboxylic acids is 1. The number of nitrogens with zero attached hydrogens (tertiary/aromatic N) is 2. The molecule has 1 aliphatic heterocycles. The molecule has 160 valence electrons. The lowest BCUT2D eigenvalue weighted by Crippen LogP contribution is -2.44. The van der Waals surface area contributed by atoms with Crippen LogP contribution in [0.4, 0.5) is 0 Å². The molecule has 0 N–H and O–H groups in total. The highest BCUT2D eigenvalue weighted by Crippen LogP contribution is 2.38. The van der Waals surface area contributed by atoms with Crippen molar-refractivity contribution in [1.82, 2.24) is 9.21 Å². The van der Waals surface area contributed by atoms with Gasteiger partial charge >= 0.3 is 0 Å². The number of sulfonamides is 1. The van der Waals surface area contributed by atoms with Gasteiger partial charge in [0.2, 0.25) is 15.9 Å². The molecule has 1 fully saturated rings. The van der Waals surface area contributed by atoms with E-state index in [9.17, 15) is 13.2 Å². The van der Waals surface area contributed by atoms with Gasteiger partial charge in [0, 0.05) is 27.2 Å². The Hall–Kier alpha value is -2.44. The van der Waals surface area contributed by atoms with E-state index < -0.39 is 15.4 Å². The summed E-state index contributed by atoms with van der Waals surface area (Å²) < 4.78 is 26.6. The molecule has 1 heterocycles. The zero-order valence-electron chi connectivity index (χ0n) is 18.0. The van der Waals surface area contributed by atoms with Crippen LogP contribution < -0.4 is 0 Å². The van der Waals surface area contributed by atoms with Crippen LogP contribution in [0.25, 0.3) is 11.1 Å². The Morgan fingerprint density at radius 2 is 1.87 bits per heavy atom. The van der Waals surface area contributed by atoms with Gasteiger partial charge in [-0.2, -0.15) is 0 Å². The fraction of sp³-hybridized carbons (Fsp3) is 0.375. The van der Waals surface area contributed by atoms with Gasteiger partial charge < -0.3 is 4.90 Å². The molecule has 1 atom stereocenters. The van der Waals surface area contributed by atoms with Crippen LogP contribution in [0.1, 0.15) is 17.5 Å². The summed E-state index contributed by atoms with van der Waals surface area (Å²) in [5.74, 6) is -0.137. The lowest BCUT2D eigenvalue weighted by Gasteiger charge is -2.31. The van der Waals surface area contributed by atoms with E-state index in [2.05, 4.69) is 49.9 Å². The molecule has 0 bridgehead atoms. The molecular formula is C24H30N2O3S. The van der Waals surface area contributed by atoms with Gasteiger partial charge in [-0.05, 0) is 36.5 Å². The number of benzene rings is 2. The van der Waals surface area contributed by atoms with E-state index in [0.717, 1.165) is 16.7 Å². The van der Waals surface area contributed by atoms with Gasteiger partial charge in [0.05, 0.1) is 11.2 Å². The summed E-state index contributed by atoms with van der Waals surface area (Å²) in [6.45, 7) is 6.16. The van der Waals surface area contributed by atoms with Gasteiger partial charge in [0.1, 0.15) is 0 Å². The van der Waals surface area contributed by atoms with Crippen LogP contribution in [0.2, 0.25) is 0 Å². The van der Waals surface area contributed by atoms with Gasteiger partial charge in [-0.15, -0.1) is 6.58 Å². The maximum absolute atomic E-state index is 13.2. The van der Waals surface area contributed by atoms with Crippen molar-refractivity contribution < 1.29 is 13.2 Å². The number of amides is 1. The minimum absolute atomic E-state index is 0.0282. The average Bonchev–Trinajstić information content (AvgIpc) is 3.14. The average molecular weight is 427 g/mol. The van der Waals surface area contributed by atoms with Crippen molar-refractivity contribution in [3.05, 3.63) is 72.3 Å². The third-order valence-corrected chi connectivity index (χ3v) is 7.51. The molecule has 1 unspecified atom stereocenters. The topological polar surface area (TPSA) is 57.7 Å². The summed E-state index contributed by atoms with van der Waals surface area (Å²) in [6.07, 6.45) is 2.41. The molecule has 1 saturated heterocycles. The largest absolute Gasteiger partial charge is 0.348 e. The van der Waals surface area contributed by atoms with E-state index in [-0.39, 0.29) is 18.2 Å². The first-order chi connectivity index (χ1) is 14.2. The quantitative estimate of drug-likeness (QED) is 0.637. The van der Waals surface area contributed by atoms with E-state index in [1.165, 1.54) is 15.9 Å². The Balaban J connectivity index is 1.92. The molecule has 2 aromatic rings. The first kappa shape index (κ1) is 22.2. The van der Waals surface area contributed by atoms with Gasteiger partial charge in [-0.25, -0.2) is 12.7 Å². The Bertz CT molecular complexity index is 1030. The van der Waals surface area contributed by atoms with Crippen molar-refractivity contribution in [1.29, 1.82) is 0 Å². The fourth-order valence-corrected chi connectivity index (χ4v) is 5.51. The van der Waals surface area contributed by atoms with E-state index in [1.54, 1.807) is 19.0 Å². The lowest BCUT2D eigenvalue weighted by atomic mass is 9.79. The van der Waals surface area contributed by atoms with Crippen molar-refractivity contribution in [2.75, 3.05) is 32.9 Å². The van der Waals surface area contributed by atoms with Gasteiger partial charge in [-0.3, -0.25) is 4.79 Å². The minimum atomic E-state index is -3.44. The molecule has 0 saturated carbocycles. The highest BCUT2D eigenvalue weighted by Gasteiger charge is 2.48. The van der Waals surface area contributed by atoms with Crippen LogP contribution >= 0.6 is 0 Å².